The van der Waals surface area contributed by atoms with E-state index in [1.54, 1.807) is 4.90 Å². The molecule has 27 heavy (non-hydrogen) atoms. The molecule has 1 atom stereocenters. The van der Waals surface area contributed by atoms with Gasteiger partial charge in [0.15, 0.2) is 11.5 Å². The molecule has 1 amide bonds. The van der Waals surface area contributed by atoms with E-state index >= 15 is 0 Å². The number of anilines is 1. The fourth-order valence-corrected chi connectivity index (χ4v) is 7.03. The SMILES string of the molecule is CC(=O)C1=C(O)C(=O)N(c2ccc(C)cc2)C1C12CC3CC(CC(C3)C1)C2. The molecule has 1 aromatic rings. The first-order valence-electron chi connectivity index (χ1n) is 10.2. The van der Waals surface area contributed by atoms with E-state index in [9.17, 15) is 14.7 Å². The third-order valence-electron chi connectivity index (χ3n) is 7.57. The quantitative estimate of drug-likeness (QED) is 0.867. The van der Waals surface area contributed by atoms with Crippen molar-refractivity contribution >= 4 is 17.4 Å². The fraction of sp³-hybridized carbons (Fsp3) is 0.565. The Morgan fingerprint density at radius 1 is 1.04 bits per heavy atom. The molecule has 4 aliphatic carbocycles. The summed E-state index contributed by atoms with van der Waals surface area (Å²) in [4.78, 5) is 27.3. The molecule has 5 aliphatic rings. The lowest BCUT2D eigenvalue weighted by Crippen LogP contribution is -2.57. The maximum Gasteiger partial charge on any atom is 0.294 e. The van der Waals surface area contributed by atoms with E-state index in [-0.39, 0.29) is 23.0 Å². The van der Waals surface area contributed by atoms with Crippen molar-refractivity contribution in [3.05, 3.63) is 41.2 Å². The fourth-order valence-electron chi connectivity index (χ4n) is 7.03. The van der Waals surface area contributed by atoms with Crippen molar-refractivity contribution in [1.82, 2.24) is 0 Å². The predicted molar refractivity (Wildman–Crippen MR) is 103 cm³/mol. The zero-order chi connectivity index (χ0) is 18.9. The van der Waals surface area contributed by atoms with Gasteiger partial charge >= 0.3 is 0 Å². The molecule has 6 rings (SSSR count). The summed E-state index contributed by atoms with van der Waals surface area (Å²) in [5.74, 6) is 1.22. The molecule has 4 bridgehead atoms. The molecule has 1 N–H and O–H groups in total. The van der Waals surface area contributed by atoms with Gasteiger partial charge < -0.3 is 5.11 Å². The van der Waals surface area contributed by atoms with Crippen molar-refractivity contribution in [2.24, 2.45) is 23.2 Å². The highest BCUT2D eigenvalue weighted by atomic mass is 16.3. The minimum Gasteiger partial charge on any atom is -0.503 e. The van der Waals surface area contributed by atoms with Crippen LogP contribution in [-0.2, 0) is 9.59 Å². The molecule has 0 aromatic heterocycles. The van der Waals surface area contributed by atoms with E-state index in [1.807, 2.05) is 31.2 Å². The lowest BCUT2D eigenvalue weighted by atomic mass is 9.47. The van der Waals surface area contributed by atoms with E-state index in [0.29, 0.717) is 23.3 Å². The first-order chi connectivity index (χ1) is 12.9. The Hall–Kier alpha value is -2.10. The number of carbonyl (C=O) groups is 2. The first kappa shape index (κ1) is 17.0. The Balaban J connectivity index is 1.64. The van der Waals surface area contributed by atoms with E-state index < -0.39 is 5.91 Å². The topological polar surface area (TPSA) is 57.6 Å². The van der Waals surface area contributed by atoms with E-state index in [4.69, 9.17) is 0 Å². The zero-order valence-corrected chi connectivity index (χ0v) is 16.1. The minimum atomic E-state index is -0.412. The molecule has 1 aliphatic heterocycles. The van der Waals surface area contributed by atoms with Crippen molar-refractivity contribution in [3.8, 4) is 0 Å². The number of hydrogen-bond donors (Lipinski definition) is 1. The highest BCUT2D eigenvalue weighted by molar-refractivity contribution is 6.16. The number of benzene rings is 1. The maximum atomic E-state index is 13.1. The molecule has 4 fully saturated rings. The summed E-state index contributed by atoms with van der Waals surface area (Å²) in [6.07, 6.45) is 7.12. The molecule has 0 saturated heterocycles. The van der Waals surface area contributed by atoms with Gasteiger partial charge in [0.1, 0.15) is 0 Å². The number of nitrogens with zero attached hydrogens (tertiary/aromatic N) is 1. The lowest BCUT2D eigenvalue weighted by molar-refractivity contribution is -0.118. The van der Waals surface area contributed by atoms with Crippen molar-refractivity contribution in [1.29, 1.82) is 0 Å². The van der Waals surface area contributed by atoms with Gasteiger partial charge in [-0.1, -0.05) is 17.7 Å². The molecule has 0 spiro atoms. The molecular formula is C23H27NO3. The van der Waals surface area contributed by atoms with E-state index in [0.717, 1.165) is 30.5 Å². The van der Waals surface area contributed by atoms with Crippen molar-refractivity contribution in [2.75, 3.05) is 4.90 Å². The number of ketones is 1. The third-order valence-corrected chi connectivity index (χ3v) is 7.57. The lowest BCUT2D eigenvalue weighted by Gasteiger charge is -2.60. The Labute approximate surface area is 160 Å². The van der Waals surface area contributed by atoms with Crippen LogP contribution in [0, 0.1) is 30.1 Å². The third kappa shape index (κ3) is 2.41. The van der Waals surface area contributed by atoms with Gasteiger partial charge in [0.2, 0.25) is 0 Å². The Morgan fingerprint density at radius 2 is 1.56 bits per heavy atom. The van der Waals surface area contributed by atoms with Gasteiger partial charge in [-0.3, -0.25) is 14.5 Å². The van der Waals surface area contributed by atoms with Gasteiger partial charge in [-0.05, 0) is 87.7 Å². The van der Waals surface area contributed by atoms with Crippen LogP contribution in [0.3, 0.4) is 0 Å². The molecule has 1 heterocycles. The number of rotatable bonds is 3. The van der Waals surface area contributed by atoms with Crippen LogP contribution in [0.1, 0.15) is 51.0 Å². The largest absolute Gasteiger partial charge is 0.503 e. The number of aryl methyl sites for hydroxylation is 1. The monoisotopic (exact) mass is 365 g/mol. The first-order valence-corrected chi connectivity index (χ1v) is 10.2. The molecule has 4 heteroatoms. The van der Waals surface area contributed by atoms with Crippen LogP contribution in [0.15, 0.2) is 35.6 Å². The molecule has 4 nitrogen and oxygen atoms in total. The highest BCUT2D eigenvalue weighted by Gasteiger charge is 2.60. The van der Waals surface area contributed by atoms with Gasteiger partial charge in [0.05, 0.1) is 11.6 Å². The van der Waals surface area contributed by atoms with Gasteiger partial charge in [0.25, 0.3) is 5.91 Å². The number of hydrogen-bond acceptors (Lipinski definition) is 3. The summed E-state index contributed by atoms with van der Waals surface area (Å²) in [6, 6.07) is 7.54. The number of aliphatic hydroxyl groups is 1. The van der Waals surface area contributed by atoms with E-state index in [2.05, 4.69) is 0 Å². The van der Waals surface area contributed by atoms with Crippen LogP contribution < -0.4 is 4.90 Å². The molecule has 1 aromatic carbocycles. The Bertz CT molecular complexity index is 816. The van der Waals surface area contributed by atoms with Crippen molar-refractivity contribution in [2.45, 2.75) is 58.4 Å². The molecule has 1 unspecified atom stereocenters. The van der Waals surface area contributed by atoms with Crippen LogP contribution in [0.4, 0.5) is 5.69 Å². The van der Waals surface area contributed by atoms with Crippen LogP contribution in [0.5, 0.6) is 0 Å². The summed E-state index contributed by atoms with van der Waals surface area (Å²) in [5.41, 5.74) is 2.19. The van der Waals surface area contributed by atoms with Gasteiger partial charge in [-0.2, -0.15) is 0 Å². The summed E-state index contributed by atoms with van der Waals surface area (Å²) in [7, 11) is 0. The van der Waals surface area contributed by atoms with Crippen LogP contribution in [0.25, 0.3) is 0 Å². The molecule has 142 valence electrons. The Kier molecular flexibility index (Phi) is 3.59. The summed E-state index contributed by atoms with van der Waals surface area (Å²) in [6.45, 7) is 3.51. The second kappa shape index (κ2) is 5.70. The number of amides is 1. The standard InChI is InChI=1S/C23H27NO3/c1-13-3-5-18(6-4-13)24-21(19(14(2)25)20(26)22(24)27)23-10-15-7-16(11-23)9-17(8-15)12-23/h3-6,15-17,21,26H,7-12H2,1-2H3. The molecule has 0 radical (unpaired) electrons. The minimum absolute atomic E-state index is 0.0687. The van der Waals surface area contributed by atoms with Crippen molar-refractivity contribution < 1.29 is 14.7 Å². The zero-order valence-electron chi connectivity index (χ0n) is 16.1. The Morgan fingerprint density at radius 3 is 2.04 bits per heavy atom. The van der Waals surface area contributed by atoms with E-state index in [1.165, 1.54) is 26.2 Å². The second-order valence-corrected chi connectivity index (χ2v) is 9.51. The van der Waals surface area contributed by atoms with Gasteiger partial charge in [-0.15, -0.1) is 0 Å². The average molecular weight is 365 g/mol. The van der Waals surface area contributed by atoms with Crippen LogP contribution >= 0.6 is 0 Å². The number of carbonyl (C=O) groups excluding carboxylic acids is 2. The number of Topliss-reactive ketones (excluding diaryl/α,β-unsaturated/α-hetero) is 1. The predicted octanol–water partition coefficient (Wildman–Crippen LogP) is 4.33. The average Bonchev–Trinajstić information content (AvgIpc) is 2.87. The smallest absolute Gasteiger partial charge is 0.294 e. The van der Waals surface area contributed by atoms with Crippen molar-refractivity contribution in [3.63, 3.8) is 0 Å². The van der Waals surface area contributed by atoms with Crippen LogP contribution in [0.2, 0.25) is 0 Å². The normalized spacial score (nSPS) is 37.4. The summed E-state index contributed by atoms with van der Waals surface area (Å²) >= 11 is 0. The molecular weight excluding hydrogens is 338 g/mol. The highest BCUT2D eigenvalue weighted by Crippen LogP contribution is 2.64. The summed E-state index contributed by atoms with van der Waals surface area (Å²) in [5, 5.41) is 10.7. The van der Waals surface area contributed by atoms with Gasteiger partial charge in [-0.25, -0.2) is 0 Å². The summed E-state index contributed by atoms with van der Waals surface area (Å²) < 4.78 is 0. The molecule has 4 saturated carbocycles. The van der Waals surface area contributed by atoms with Crippen LogP contribution in [-0.4, -0.2) is 22.8 Å². The second-order valence-electron chi connectivity index (χ2n) is 9.51. The maximum absolute atomic E-state index is 13.1. The van der Waals surface area contributed by atoms with Gasteiger partial charge in [0, 0.05) is 5.69 Å². The number of aliphatic hydroxyl groups excluding tert-OH is 1.